The smallest absolute Gasteiger partial charge is 0.228 e. The van der Waals surface area contributed by atoms with Crippen molar-refractivity contribution in [3.05, 3.63) is 23.5 Å². The van der Waals surface area contributed by atoms with Crippen molar-refractivity contribution >= 4 is 36.4 Å². The Morgan fingerprint density at radius 2 is 1.94 bits per heavy atom. The number of nitrogens with one attached hydrogen (secondary N) is 2. The molecule has 0 bridgehead atoms. The van der Waals surface area contributed by atoms with Gasteiger partial charge in [-0.25, -0.2) is 0 Å². The van der Waals surface area contributed by atoms with Crippen molar-refractivity contribution in [2.75, 3.05) is 18.9 Å². The van der Waals surface area contributed by atoms with Gasteiger partial charge in [-0.05, 0) is 33.0 Å². The third-order valence-corrected chi connectivity index (χ3v) is 2.44. The largest absolute Gasteiger partial charge is 0.324 e. The van der Waals surface area contributed by atoms with Gasteiger partial charge in [0.25, 0.3) is 0 Å². The van der Waals surface area contributed by atoms with Crippen LogP contribution in [-0.4, -0.2) is 24.5 Å². The van der Waals surface area contributed by atoms with Crippen LogP contribution in [0.1, 0.15) is 18.3 Å². The molecule has 0 aromatic carbocycles. The van der Waals surface area contributed by atoms with Crippen LogP contribution in [0.4, 0.5) is 5.69 Å². The van der Waals surface area contributed by atoms with Crippen LogP contribution < -0.4 is 10.6 Å². The number of halogens is 2. The monoisotopic (exact) mass is 293 g/mol. The van der Waals surface area contributed by atoms with E-state index in [-0.39, 0.29) is 36.6 Å². The summed E-state index contributed by atoms with van der Waals surface area (Å²) in [5, 5.41) is 5.86. The third kappa shape index (κ3) is 5.67. The second kappa shape index (κ2) is 9.14. The van der Waals surface area contributed by atoms with Crippen molar-refractivity contribution in [1.82, 2.24) is 10.3 Å². The Kier molecular flexibility index (Phi) is 9.90. The molecule has 0 saturated carbocycles. The van der Waals surface area contributed by atoms with Gasteiger partial charge in [-0.3, -0.25) is 9.78 Å². The Bertz CT molecular complexity index is 386. The highest BCUT2D eigenvalue weighted by atomic mass is 35.5. The molecule has 6 heteroatoms. The van der Waals surface area contributed by atoms with Gasteiger partial charge in [0, 0.05) is 18.2 Å². The fourth-order valence-corrected chi connectivity index (χ4v) is 1.47. The minimum Gasteiger partial charge on any atom is -0.324 e. The molecule has 4 nitrogen and oxygen atoms in total. The molecule has 1 aromatic heterocycles. The third-order valence-electron chi connectivity index (χ3n) is 2.44. The summed E-state index contributed by atoms with van der Waals surface area (Å²) in [5.41, 5.74) is 2.60. The minimum atomic E-state index is -0.0503. The summed E-state index contributed by atoms with van der Waals surface area (Å²) in [7, 11) is 1.84. The number of carbonyl (C=O) groups excluding carboxylic acids is 1. The van der Waals surface area contributed by atoms with E-state index >= 15 is 0 Å². The number of hydrogen-bond donors (Lipinski definition) is 2. The van der Waals surface area contributed by atoms with Gasteiger partial charge in [0.05, 0.1) is 11.4 Å². The van der Waals surface area contributed by atoms with Gasteiger partial charge in [-0.2, -0.15) is 0 Å². The van der Waals surface area contributed by atoms with Crippen molar-refractivity contribution in [3.8, 4) is 0 Å². The maximum atomic E-state index is 11.8. The lowest BCUT2D eigenvalue weighted by Gasteiger charge is -2.13. The van der Waals surface area contributed by atoms with Crippen LogP contribution in [0.5, 0.6) is 0 Å². The van der Waals surface area contributed by atoms with Gasteiger partial charge in [0.15, 0.2) is 0 Å². The van der Waals surface area contributed by atoms with Gasteiger partial charge < -0.3 is 10.6 Å². The zero-order valence-electron chi connectivity index (χ0n) is 11.1. The van der Waals surface area contributed by atoms with Crippen LogP contribution in [0, 0.1) is 19.8 Å². The van der Waals surface area contributed by atoms with E-state index < -0.39 is 0 Å². The van der Waals surface area contributed by atoms with Crippen LogP contribution in [0.15, 0.2) is 12.1 Å². The number of nitrogens with zero attached hydrogens (tertiary/aromatic N) is 1. The topological polar surface area (TPSA) is 54.0 Å². The summed E-state index contributed by atoms with van der Waals surface area (Å²) in [4.78, 5) is 16.1. The summed E-state index contributed by atoms with van der Waals surface area (Å²) in [6.45, 7) is 6.39. The maximum Gasteiger partial charge on any atom is 0.228 e. The molecule has 0 radical (unpaired) electrons. The molecular weight excluding hydrogens is 273 g/mol. The fourth-order valence-electron chi connectivity index (χ4n) is 1.47. The average Bonchev–Trinajstić information content (AvgIpc) is 2.22. The number of carbonyl (C=O) groups is 1. The number of hydrogen-bond acceptors (Lipinski definition) is 3. The van der Waals surface area contributed by atoms with Gasteiger partial charge in [0.2, 0.25) is 5.91 Å². The Hall–Kier alpha value is -0.840. The van der Waals surface area contributed by atoms with Crippen LogP contribution in [0.25, 0.3) is 0 Å². The summed E-state index contributed by atoms with van der Waals surface area (Å²) < 4.78 is 0. The molecule has 1 heterocycles. The van der Waals surface area contributed by atoms with E-state index in [0.29, 0.717) is 6.54 Å². The zero-order chi connectivity index (χ0) is 12.1. The van der Waals surface area contributed by atoms with E-state index in [1.807, 2.05) is 40.0 Å². The predicted octanol–water partition coefficient (Wildman–Crippen LogP) is 2.34. The molecule has 0 spiro atoms. The van der Waals surface area contributed by atoms with Crippen LogP contribution >= 0.6 is 24.8 Å². The molecule has 0 aliphatic rings. The second-order valence-corrected chi connectivity index (χ2v) is 4.03. The number of pyridine rings is 1. The zero-order valence-corrected chi connectivity index (χ0v) is 12.7. The van der Waals surface area contributed by atoms with Gasteiger partial charge in [-0.1, -0.05) is 6.92 Å². The van der Waals surface area contributed by atoms with Crippen LogP contribution in [-0.2, 0) is 4.79 Å². The Morgan fingerprint density at radius 1 is 1.33 bits per heavy atom. The first kappa shape index (κ1) is 19.5. The number of amides is 1. The summed E-state index contributed by atoms with van der Waals surface area (Å²) in [5.74, 6) is -0.0335. The molecule has 18 heavy (non-hydrogen) atoms. The van der Waals surface area contributed by atoms with E-state index in [0.717, 1.165) is 17.1 Å². The van der Waals surface area contributed by atoms with Crippen LogP contribution in [0.3, 0.4) is 0 Å². The molecule has 1 unspecified atom stereocenters. The fraction of sp³-hybridized carbons (Fsp3) is 0.500. The van der Waals surface area contributed by atoms with Crippen molar-refractivity contribution < 1.29 is 4.79 Å². The Morgan fingerprint density at radius 3 is 2.44 bits per heavy atom. The molecule has 1 rings (SSSR count). The van der Waals surface area contributed by atoms with Crippen molar-refractivity contribution in [1.29, 1.82) is 0 Å². The highest BCUT2D eigenvalue weighted by Crippen LogP contribution is 2.13. The summed E-state index contributed by atoms with van der Waals surface area (Å²) in [6.07, 6.45) is 0. The molecule has 0 saturated heterocycles. The molecule has 1 atom stereocenters. The summed E-state index contributed by atoms with van der Waals surface area (Å²) in [6, 6.07) is 3.78. The highest BCUT2D eigenvalue weighted by molar-refractivity contribution is 5.92. The molecular formula is C12H21Cl2N3O. The minimum absolute atomic E-state index is 0. The van der Waals surface area contributed by atoms with Gasteiger partial charge in [-0.15, -0.1) is 24.8 Å². The molecule has 0 fully saturated rings. The van der Waals surface area contributed by atoms with E-state index in [4.69, 9.17) is 0 Å². The second-order valence-electron chi connectivity index (χ2n) is 4.03. The number of anilines is 1. The normalized spacial score (nSPS) is 10.9. The molecule has 1 aromatic rings. The van der Waals surface area contributed by atoms with E-state index in [1.54, 1.807) is 0 Å². The quantitative estimate of drug-likeness (QED) is 0.896. The first-order valence-electron chi connectivity index (χ1n) is 5.44. The first-order chi connectivity index (χ1) is 7.54. The highest BCUT2D eigenvalue weighted by Gasteiger charge is 2.12. The number of aryl methyl sites for hydroxylation is 2. The molecule has 1 amide bonds. The molecule has 0 aliphatic heterocycles. The first-order valence-corrected chi connectivity index (χ1v) is 5.44. The SMILES string of the molecule is CNCC(C)C(=O)Nc1ccc(C)nc1C.Cl.Cl. The van der Waals surface area contributed by atoms with Crippen molar-refractivity contribution in [2.24, 2.45) is 5.92 Å². The molecule has 0 aliphatic carbocycles. The lowest BCUT2D eigenvalue weighted by molar-refractivity contribution is -0.119. The standard InChI is InChI=1S/C12H19N3O.2ClH/c1-8(7-13-4)12(16)15-11-6-5-9(2)14-10(11)3;;/h5-6,8,13H,7H2,1-4H3,(H,15,16);2*1H. The molecule has 2 N–H and O–H groups in total. The van der Waals surface area contributed by atoms with Gasteiger partial charge >= 0.3 is 0 Å². The Balaban J connectivity index is 0. The predicted molar refractivity (Wildman–Crippen MR) is 79.9 cm³/mol. The Labute approximate surface area is 121 Å². The lowest BCUT2D eigenvalue weighted by Crippen LogP contribution is -2.28. The number of rotatable bonds is 4. The average molecular weight is 294 g/mol. The van der Waals surface area contributed by atoms with Gasteiger partial charge in [0.1, 0.15) is 0 Å². The van der Waals surface area contributed by atoms with Crippen molar-refractivity contribution in [2.45, 2.75) is 20.8 Å². The lowest BCUT2D eigenvalue weighted by atomic mass is 10.1. The van der Waals surface area contributed by atoms with E-state index in [2.05, 4.69) is 15.6 Å². The number of aromatic nitrogens is 1. The van der Waals surface area contributed by atoms with Crippen LogP contribution in [0.2, 0.25) is 0 Å². The van der Waals surface area contributed by atoms with E-state index in [9.17, 15) is 4.79 Å². The molecule has 104 valence electrons. The maximum absolute atomic E-state index is 11.8. The van der Waals surface area contributed by atoms with Crippen molar-refractivity contribution in [3.63, 3.8) is 0 Å². The van der Waals surface area contributed by atoms with E-state index in [1.165, 1.54) is 0 Å². The summed E-state index contributed by atoms with van der Waals surface area (Å²) >= 11 is 0.